The summed E-state index contributed by atoms with van der Waals surface area (Å²) in [6, 6.07) is 5.25. The number of hydrogen-bond donors (Lipinski definition) is 3. The molecule has 0 atom stereocenters. The van der Waals surface area contributed by atoms with Crippen molar-refractivity contribution in [3.8, 4) is 5.75 Å². The zero-order chi connectivity index (χ0) is 18.9. The van der Waals surface area contributed by atoms with Crippen molar-refractivity contribution in [3.05, 3.63) is 29.3 Å². The van der Waals surface area contributed by atoms with Crippen molar-refractivity contribution >= 4 is 12.1 Å². The van der Waals surface area contributed by atoms with Gasteiger partial charge in [-0.05, 0) is 38.8 Å². The van der Waals surface area contributed by atoms with Crippen molar-refractivity contribution in [1.29, 1.82) is 0 Å². The molecule has 1 aromatic rings. The molecule has 25 heavy (non-hydrogen) atoms. The summed E-state index contributed by atoms with van der Waals surface area (Å²) >= 11 is 0. The maximum Gasteiger partial charge on any atom is 0.407 e. The number of hydrogen-bond acceptors (Lipinski definition) is 6. The zero-order valence-electron chi connectivity index (χ0n) is 15.3. The molecule has 0 spiro atoms. The molecule has 0 aliphatic heterocycles. The fourth-order valence-corrected chi connectivity index (χ4v) is 2.07. The lowest BCUT2D eigenvalue weighted by atomic mass is 10.1. The van der Waals surface area contributed by atoms with Gasteiger partial charge in [0.25, 0.3) is 0 Å². The van der Waals surface area contributed by atoms with E-state index < -0.39 is 11.7 Å². The Kier molecular flexibility index (Phi) is 8.21. The first-order valence-corrected chi connectivity index (χ1v) is 8.26. The van der Waals surface area contributed by atoms with E-state index in [1.165, 1.54) is 7.11 Å². The highest BCUT2D eigenvalue weighted by Crippen LogP contribution is 2.19. The van der Waals surface area contributed by atoms with E-state index in [1.807, 2.05) is 6.07 Å². The van der Waals surface area contributed by atoms with E-state index >= 15 is 0 Å². The first-order valence-electron chi connectivity index (χ1n) is 8.26. The van der Waals surface area contributed by atoms with Crippen LogP contribution in [-0.2, 0) is 27.2 Å². The number of alkyl carbamates (subject to hydrolysis) is 1. The van der Waals surface area contributed by atoms with Gasteiger partial charge in [-0.25, -0.2) is 4.79 Å². The Morgan fingerprint density at radius 1 is 1.20 bits per heavy atom. The molecule has 0 radical (unpaired) electrons. The highest BCUT2D eigenvalue weighted by Gasteiger charge is 2.15. The Balaban J connectivity index is 2.36. The molecule has 0 aliphatic carbocycles. The van der Waals surface area contributed by atoms with Gasteiger partial charge in [0, 0.05) is 31.6 Å². The van der Waals surface area contributed by atoms with Crippen LogP contribution in [0.25, 0.3) is 0 Å². The number of phenols is 1. The second-order valence-electron chi connectivity index (χ2n) is 6.64. The fraction of sp³-hybridized carbons (Fsp3) is 0.556. The van der Waals surface area contributed by atoms with Crippen LogP contribution in [0.15, 0.2) is 18.2 Å². The number of aryl methyl sites for hydroxylation is 1. The van der Waals surface area contributed by atoms with Crippen molar-refractivity contribution < 1.29 is 24.2 Å². The van der Waals surface area contributed by atoms with E-state index in [2.05, 4.69) is 15.4 Å². The van der Waals surface area contributed by atoms with Crippen LogP contribution in [-0.4, -0.2) is 43.0 Å². The normalized spacial score (nSPS) is 11.0. The summed E-state index contributed by atoms with van der Waals surface area (Å²) in [6.07, 6.45) is 0.399. The van der Waals surface area contributed by atoms with Crippen LogP contribution < -0.4 is 10.6 Å². The summed E-state index contributed by atoms with van der Waals surface area (Å²) < 4.78 is 9.76. The van der Waals surface area contributed by atoms with Gasteiger partial charge in [0.1, 0.15) is 11.4 Å². The summed E-state index contributed by atoms with van der Waals surface area (Å²) in [5, 5.41) is 15.7. The van der Waals surface area contributed by atoms with Crippen molar-refractivity contribution in [2.24, 2.45) is 0 Å². The highest BCUT2D eigenvalue weighted by atomic mass is 16.6. The molecule has 0 saturated carbocycles. The van der Waals surface area contributed by atoms with Crippen LogP contribution in [0.5, 0.6) is 5.75 Å². The molecular weight excluding hydrogens is 324 g/mol. The van der Waals surface area contributed by atoms with Gasteiger partial charge in [-0.1, -0.05) is 12.1 Å². The molecule has 1 aromatic carbocycles. The molecular formula is C18H28N2O5. The predicted molar refractivity (Wildman–Crippen MR) is 94.4 cm³/mol. The Bertz CT molecular complexity index is 581. The lowest BCUT2D eigenvalue weighted by Crippen LogP contribution is -2.36. The molecule has 0 unspecified atom stereocenters. The molecule has 140 valence electrons. The number of benzene rings is 1. The molecule has 0 heterocycles. The third-order valence-electron chi connectivity index (χ3n) is 3.27. The molecule has 7 heteroatoms. The molecule has 3 N–H and O–H groups in total. The minimum Gasteiger partial charge on any atom is -0.508 e. The number of nitrogens with one attached hydrogen (secondary N) is 2. The summed E-state index contributed by atoms with van der Waals surface area (Å²) in [5.41, 5.74) is 1.17. The average Bonchev–Trinajstić information content (AvgIpc) is 2.52. The number of carbonyl (C=O) groups excluding carboxylic acids is 2. The Morgan fingerprint density at radius 3 is 2.56 bits per heavy atom. The number of methoxy groups -OCH3 is 1. The monoisotopic (exact) mass is 352 g/mol. The summed E-state index contributed by atoms with van der Waals surface area (Å²) in [7, 11) is 1.36. The van der Waals surface area contributed by atoms with E-state index in [1.54, 1.807) is 32.9 Å². The Hall–Kier alpha value is -2.28. The second-order valence-corrected chi connectivity index (χ2v) is 6.64. The van der Waals surface area contributed by atoms with Crippen molar-refractivity contribution in [2.45, 2.75) is 45.8 Å². The van der Waals surface area contributed by atoms with Crippen molar-refractivity contribution in [1.82, 2.24) is 10.6 Å². The van der Waals surface area contributed by atoms with Crippen LogP contribution in [0.3, 0.4) is 0 Å². The number of ether oxygens (including phenoxy) is 2. The van der Waals surface area contributed by atoms with Crippen LogP contribution in [0.1, 0.15) is 38.3 Å². The second kappa shape index (κ2) is 9.88. The standard InChI is InChI=1S/C18H28N2O5/c1-18(2,3)25-17(23)20-10-9-19-12-14-11-13(5-7-15(14)21)6-8-16(22)24-4/h5,7,11,19,21H,6,8-10,12H2,1-4H3,(H,20,23). The van der Waals surface area contributed by atoms with E-state index in [9.17, 15) is 14.7 Å². The van der Waals surface area contributed by atoms with Gasteiger partial charge in [-0.15, -0.1) is 0 Å². The fourth-order valence-electron chi connectivity index (χ4n) is 2.07. The predicted octanol–water partition coefficient (Wildman–Crippen LogP) is 2.11. The molecule has 0 fully saturated rings. The molecule has 0 aromatic heterocycles. The molecule has 1 rings (SSSR count). The molecule has 7 nitrogen and oxygen atoms in total. The van der Waals surface area contributed by atoms with E-state index in [4.69, 9.17) is 4.74 Å². The SMILES string of the molecule is COC(=O)CCc1ccc(O)c(CNCCNC(=O)OC(C)(C)C)c1. The lowest BCUT2D eigenvalue weighted by molar-refractivity contribution is -0.140. The minimum atomic E-state index is -0.520. The van der Waals surface area contributed by atoms with E-state index in [-0.39, 0.29) is 11.7 Å². The number of aromatic hydroxyl groups is 1. The van der Waals surface area contributed by atoms with E-state index in [0.29, 0.717) is 32.5 Å². The van der Waals surface area contributed by atoms with Gasteiger partial charge in [-0.2, -0.15) is 0 Å². The van der Waals surface area contributed by atoms with Gasteiger partial charge in [-0.3, -0.25) is 4.79 Å². The number of rotatable bonds is 8. The largest absolute Gasteiger partial charge is 0.508 e. The van der Waals surface area contributed by atoms with E-state index in [0.717, 1.165) is 11.1 Å². The molecule has 0 aliphatic rings. The Labute approximate surface area is 148 Å². The Morgan fingerprint density at radius 2 is 1.92 bits per heavy atom. The summed E-state index contributed by atoms with van der Waals surface area (Å²) in [6.45, 7) is 6.82. The van der Waals surface area contributed by atoms with Gasteiger partial charge < -0.3 is 25.2 Å². The first-order chi connectivity index (χ1) is 11.7. The number of esters is 1. The van der Waals surface area contributed by atoms with Crippen molar-refractivity contribution in [3.63, 3.8) is 0 Å². The zero-order valence-corrected chi connectivity index (χ0v) is 15.3. The minimum absolute atomic E-state index is 0.189. The van der Waals surface area contributed by atoms with Crippen LogP contribution in [0.2, 0.25) is 0 Å². The third-order valence-corrected chi connectivity index (χ3v) is 3.27. The average molecular weight is 352 g/mol. The summed E-state index contributed by atoms with van der Waals surface area (Å²) in [4.78, 5) is 22.7. The molecule has 1 amide bonds. The quantitative estimate of drug-likeness (QED) is 0.490. The van der Waals surface area contributed by atoms with Crippen LogP contribution >= 0.6 is 0 Å². The number of amides is 1. The first kappa shape index (κ1) is 20.8. The van der Waals surface area contributed by atoms with Crippen molar-refractivity contribution in [2.75, 3.05) is 20.2 Å². The van der Waals surface area contributed by atoms with Crippen LogP contribution in [0, 0.1) is 0 Å². The van der Waals surface area contributed by atoms with Gasteiger partial charge in [0.05, 0.1) is 7.11 Å². The van der Waals surface area contributed by atoms with Gasteiger partial charge in [0.15, 0.2) is 0 Å². The molecule has 0 saturated heterocycles. The lowest BCUT2D eigenvalue weighted by Gasteiger charge is -2.19. The third kappa shape index (κ3) is 8.95. The maximum atomic E-state index is 11.5. The number of carbonyl (C=O) groups is 2. The maximum absolute atomic E-state index is 11.5. The van der Waals surface area contributed by atoms with Gasteiger partial charge in [0.2, 0.25) is 0 Å². The summed E-state index contributed by atoms with van der Waals surface area (Å²) in [5.74, 6) is -0.0737. The number of phenolic OH excluding ortho intramolecular Hbond substituents is 1. The smallest absolute Gasteiger partial charge is 0.407 e. The topological polar surface area (TPSA) is 96.9 Å². The highest BCUT2D eigenvalue weighted by molar-refractivity contribution is 5.69. The van der Waals surface area contributed by atoms with Gasteiger partial charge >= 0.3 is 12.1 Å². The molecule has 0 bridgehead atoms. The van der Waals surface area contributed by atoms with Crippen LogP contribution in [0.4, 0.5) is 4.79 Å².